The van der Waals surface area contributed by atoms with E-state index in [2.05, 4.69) is 5.32 Å². The Hall–Kier alpha value is -1.55. The third-order valence-electron chi connectivity index (χ3n) is 3.27. The van der Waals surface area contributed by atoms with E-state index in [-0.39, 0.29) is 17.9 Å². The van der Waals surface area contributed by atoms with E-state index in [0.717, 1.165) is 18.6 Å². The highest BCUT2D eigenvalue weighted by molar-refractivity contribution is 5.94. The van der Waals surface area contributed by atoms with Crippen LogP contribution in [0.15, 0.2) is 24.3 Å². The van der Waals surface area contributed by atoms with E-state index >= 15 is 0 Å². The smallest absolute Gasteiger partial charge is 0.251 e. The van der Waals surface area contributed by atoms with Crippen LogP contribution in [0.1, 0.15) is 23.2 Å². The zero-order valence-electron chi connectivity index (χ0n) is 9.90. The topological polar surface area (TPSA) is 58.6 Å². The summed E-state index contributed by atoms with van der Waals surface area (Å²) in [5.74, 6) is 0.628. The second-order valence-corrected chi connectivity index (χ2v) is 4.57. The highest BCUT2D eigenvalue weighted by atomic mass is 16.5. The van der Waals surface area contributed by atoms with Crippen LogP contribution in [0, 0.1) is 5.41 Å². The molecule has 2 N–H and O–H groups in total. The third-order valence-corrected chi connectivity index (χ3v) is 3.27. The number of amides is 1. The van der Waals surface area contributed by atoms with Crippen molar-refractivity contribution in [3.63, 3.8) is 0 Å². The lowest BCUT2D eigenvalue weighted by Crippen LogP contribution is -2.31. The fraction of sp³-hybridized carbons (Fsp3) is 0.462. The molecule has 2 rings (SSSR count). The van der Waals surface area contributed by atoms with Gasteiger partial charge in [0.2, 0.25) is 0 Å². The first kappa shape index (κ1) is 11.9. The van der Waals surface area contributed by atoms with Crippen LogP contribution in [-0.4, -0.2) is 31.3 Å². The van der Waals surface area contributed by atoms with Gasteiger partial charge in [-0.3, -0.25) is 4.79 Å². The largest absolute Gasteiger partial charge is 0.497 e. The van der Waals surface area contributed by atoms with Gasteiger partial charge in [0.05, 0.1) is 13.7 Å². The number of carbonyl (C=O) groups excluding carboxylic acids is 1. The molecule has 17 heavy (non-hydrogen) atoms. The molecule has 1 aliphatic rings. The SMILES string of the molecule is COc1ccc(C(=O)NCC2(CO)CC2)cc1. The van der Waals surface area contributed by atoms with Gasteiger partial charge in [-0.2, -0.15) is 0 Å². The van der Waals surface area contributed by atoms with Crippen molar-refractivity contribution < 1.29 is 14.6 Å². The maximum atomic E-state index is 11.8. The Kier molecular flexibility index (Phi) is 3.33. The van der Waals surface area contributed by atoms with Crippen LogP contribution in [0.4, 0.5) is 0 Å². The van der Waals surface area contributed by atoms with Crippen molar-refractivity contribution in [2.45, 2.75) is 12.8 Å². The van der Waals surface area contributed by atoms with Crippen molar-refractivity contribution >= 4 is 5.91 Å². The van der Waals surface area contributed by atoms with Crippen molar-refractivity contribution in [3.8, 4) is 5.75 Å². The molecule has 1 amide bonds. The van der Waals surface area contributed by atoms with E-state index in [1.165, 1.54) is 0 Å². The van der Waals surface area contributed by atoms with E-state index in [4.69, 9.17) is 9.84 Å². The van der Waals surface area contributed by atoms with Crippen molar-refractivity contribution in [2.75, 3.05) is 20.3 Å². The molecule has 1 saturated carbocycles. The maximum absolute atomic E-state index is 11.8. The van der Waals surface area contributed by atoms with Gasteiger partial charge >= 0.3 is 0 Å². The molecule has 0 radical (unpaired) electrons. The van der Waals surface area contributed by atoms with Crippen molar-refractivity contribution in [2.24, 2.45) is 5.41 Å². The molecule has 4 nitrogen and oxygen atoms in total. The predicted molar refractivity (Wildman–Crippen MR) is 64.1 cm³/mol. The number of rotatable bonds is 5. The molecule has 4 heteroatoms. The van der Waals surface area contributed by atoms with Gasteiger partial charge < -0.3 is 15.2 Å². The molecule has 1 fully saturated rings. The van der Waals surface area contributed by atoms with Crippen molar-refractivity contribution in [1.29, 1.82) is 0 Å². The average Bonchev–Trinajstić information content (AvgIpc) is 3.17. The Morgan fingerprint density at radius 1 is 1.41 bits per heavy atom. The van der Waals surface area contributed by atoms with Crippen LogP contribution in [0.2, 0.25) is 0 Å². The molecular formula is C13H17NO3. The van der Waals surface area contributed by atoms with Gasteiger partial charge in [-0.1, -0.05) is 0 Å². The second kappa shape index (κ2) is 4.75. The highest BCUT2D eigenvalue weighted by Crippen LogP contribution is 2.44. The fourth-order valence-corrected chi connectivity index (χ4v) is 1.68. The summed E-state index contributed by atoms with van der Waals surface area (Å²) in [5.41, 5.74) is 0.557. The van der Waals surface area contributed by atoms with E-state index in [1.807, 2.05) is 0 Å². The standard InChI is InChI=1S/C13H17NO3/c1-17-11-4-2-10(3-5-11)12(16)14-8-13(9-15)6-7-13/h2-5,15H,6-9H2,1H3,(H,14,16). The molecule has 0 atom stereocenters. The molecule has 0 aromatic heterocycles. The molecule has 1 aromatic rings. The summed E-state index contributed by atoms with van der Waals surface area (Å²) in [6.07, 6.45) is 1.98. The summed E-state index contributed by atoms with van der Waals surface area (Å²) in [4.78, 5) is 11.8. The Morgan fingerprint density at radius 2 is 2.06 bits per heavy atom. The summed E-state index contributed by atoms with van der Waals surface area (Å²) < 4.78 is 5.03. The number of hydrogen-bond acceptors (Lipinski definition) is 3. The molecule has 1 aromatic carbocycles. The summed E-state index contributed by atoms with van der Waals surface area (Å²) >= 11 is 0. The summed E-state index contributed by atoms with van der Waals surface area (Å²) in [7, 11) is 1.59. The molecule has 92 valence electrons. The number of aliphatic hydroxyl groups excluding tert-OH is 1. The van der Waals surface area contributed by atoms with Gasteiger partial charge in [0.25, 0.3) is 5.91 Å². The molecule has 0 saturated heterocycles. The van der Waals surface area contributed by atoms with Gasteiger partial charge in [0, 0.05) is 17.5 Å². The van der Waals surface area contributed by atoms with Crippen LogP contribution < -0.4 is 10.1 Å². The highest BCUT2D eigenvalue weighted by Gasteiger charge is 2.42. The molecule has 0 heterocycles. The van der Waals surface area contributed by atoms with E-state index in [0.29, 0.717) is 12.1 Å². The van der Waals surface area contributed by atoms with Crippen LogP contribution in [0.25, 0.3) is 0 Å². The number of carbonyl (C=O) groups is 1. The number of ether oxygens (including phenoxy) is 1. The van der Waals surface area contributed by atoms with Crippen LogP contribution in [-0.2, 0) is 0 Å². The first-order valence-electron chi connectivity index (χ1n) is 5.72. The molecule has 1 aliphatic carbocycles. The Balaban J connectivity index is 1.90. The Bertz CT molecular complexity index is 396. The minimum Gasteiger partial charge on any atom is -0.497 e. The monoisotopic (exact) mass is 235 g/mol. The lowest BCUT2D eigenvalue weighted by atomic mass is 10.1. The Morgan fingerprint density at radius 3 is 2.53 bits per heavy atom. The van der Waals surface area contributed by atoms with Crippen molar-refractivity contribution in [3.05, 3.63) is 29.8 Å². The number of methoxy groups -OCH3 is 1. The Labute approximate surface area is 101 Å². The number of aliphatic hydroxyl groups is 1. The minimum absolute atomic E-state index is 0.0534. The van der Waals surface area contributed by atoms with Crippen molar-refractivity contribution in [1.82, 2.24) is 5.32 Å². The normalized spacial score (nSPS) is 16.4. The lowest BCUT2D eigenvalue weighted by molar-refractivity contribution is 0.0935. The van der Waals surface area contributed by atoms with Gasteiger partial charge in [0.1, 0.15) is 5.75 Å². The first-order valence-corrected chi connectivity index (χ1v) is 5.72. The van der Waals surface area contributed by atoms with Gasteiger partial charge in [-0.05, 0) is 37.1 Å². The number of hydrogen-bond donors (Lipinski definition) is 2. The van der Waals surface area contributed by atoms with E-state index in [9.17, 15) is 4.79 Å². The second-order valence-electron chi connectivity index (χ2n) is 4.57. The molecule has 0 unspecified atom stereocenters. The molecule has 0 spiro atoms. The summed E-state index contributed by atoms with van der Waals surface area (Å²) in [5, 5.41) is 12.0. The third kappa shape index (κ3) is 2.77. The first-order chi connectivity index (χ1) is 8.19. The number of benzene rings is 1. The number of nitrogens with one attached hydrogen (secondary N) is 1. The van der Waals surface area contributed by atoms with E-state index < -0.39 is 0 Å². The van der Waals surface area contributed by atoms with Gasteiger partial charge in [-0.25, -0.2) is 0 Å². The molecular weight excluding hydrogens is 218 g/mol. The molecule has 0 aliphatic heterocycles. The van der Waals surface area contributed by atoms with Gasteiger partial charge in [-0.15, -0.1) is 0 Å². The van der Waals surface area contributed by atoms with Crippen LogP contribution in [0.3, 0.4) is 0 Å². The zero-order valence-corrected chi connectivity index (χ0v) is 9.90. The fourth-order valence-electron chi connectivity index (χ4n) is 1.68. The molecule has 0 bridgehead atoms. The zero-order chi connectivity index (χ0) is 12.3. The van der Waals surface area contributed by atoms with E-state index in [1.54, 1.807) is 31.4 Å². The lowest BCUT2D eigenvalue weighted by Gasteiger charge is -2.12. The summed E-state index contributed by atoms with van der Waals surface area (Å²) in [6, 6.07) is 6.97. The van der Waals surface area contributed by atoms with Crippen LogP contribution >= 0.6 is 0 Å². The minimum atomic E-state index is -0.104. The summed E-state index contributed by atoms with van der Waals surface area (Å²) in [6.45, 7) is 0.699. The average molecular weight is 235 g/mol. The van der Waals surface area contributed by atoms with Crippen LogP contribution in [0.5, 0.6) is 5.75 Å². The van der Waals surface area contributed by atoms with Gasteiger partial charge in [0.15, 0.2) is 0 Å². The predicted octanol–water partition coefficient (Wildman–Crippen LogP) is 1.20. The maximum Gasteiger partial charge on any atom is 0.251 e. The quantitative estimate of drug-likeness (QED) is 0.806.